The summed E-state index contributed by atoms with van der Waals surface area (Å²) < 4.78 is 0. The first-order chi connectivity index (χ1) is 7.03. The summed E-state index contributed by atoms with van der Waals surface area (Å²) in [4.78, 5) is 0. The predicted molar refractivity (Wildman–Crippen MR) is 65.2 cm³/mol. The van der Waals surface area contributed by atoms with E-state index < -0.39 is 5.60 Å². The molecular weight excluding hydrogens is 186 g/mol. The van der Waals surface area contributed by atoms with Gasteiger partial charge in [0.2, 0.25) is 0 Å². The largest absolute Gasteiger partial charge is 0.389 e. The van der Waals surface area contributed by atoms with Crippen LogP contribution in [0.5, 0.6) is 0 Å². The highest BCUT2D eigenvalue weighted by Crippen LogP contribution is 2.17. The Morgan fingerprint density at radius 3 is 2.53 bits per heavy atom. The van der Waals surface area contributed by atoms with Crippen molar-refractivity contribution in [1.82, 2.24) is 0 Å². The van der Waals surface area contributed by atoms with Crippen LogP contribution in [0.25, 0.3) is 0 Å². The number of hydrogen-bond donors (Lipinski definition) is 2. The van der Waals surface area contributed by atoms with Crippen molar-refractivity contribution < 1.29 is 5.11 Å². The van der Waals surface area contributed by atoms with E-state index in [0.717, 1.165) is 18.5 Å². The zero-order valence-corrected chi connectivity index (χ0v) is 9.88. The molecule has 84 valence electrons. The van der Waals surface area contributed by atoms with Crippen LogP contribution in [0.15, 0.2) is 24.3 Å². The van der Waals surface area contributed by atoms with Gasteiger partial charge in [-0.15, -0.1) is 0 Å². The fourth-order valence-corrected chi connectivity index (χ4v) is 1.49. The third-order valence-electron chi connectivity index (χ3n) is 2.25. The molecule has 0 aromatic heterocycles. The lowest BCUT2D eigenvalue weighted by molar-refractivity contribution is 0.0945. The monoisotopic (exact) mass is 207 g/mol. The second-order valence-corrected chi connectivity index (χ2v) is 4.57. The molecule has 0 aliphatic heterocycles. The topological polar surface area (TPSA) is 32.3 Å². The van der Waals surface area contributed by atoms with E-state index in [4.69, 9.17) is 0 Å². The molecule has 0 saturated heterocycles. The summed E-state index contributed by atoms with van der Waals surface area (Å²) >= 11 is 0. The highest BCUT2D eigenvalue weighted by Gasteiger charge is 2.12. The number of aryl methyl sites for hydroxylation is 1. The number of benzene rings is 1. The van der Waals surface area contributed by atoms with Crippen molar-refractivity contribution in [2.24, 2.45) is 0 Å². The summed E-state index contributed by atoms with van der Waals surface area (Å²) in [5, 5.41) is 12.9. The first kappa shape index (κ1) is 12.1. The lowest BCUT2D eigenvalue weighted by atomic mass is 10.1. The number of anilines is 1. The van der Waals surface area contributed by atoms with Gasteiger partial charge < -0.3 is 10.4 Å². The van der Waals surface area contributed by atoms with Crippen LogP contribution in [0.3, 0.4) is 0 Å². The Morgan fingerprint density at radius 1 is 1.27 bits per heavy atom. The van der Waals surface area contributed by atoms with Gasteiger partial charge in [0.1, 0.15) is 0 Å². The van der Waals surface area contributed by atoms with Crippen LogP contribution >= 0.6 is 0 Å². The van der Waals surface area contributed by atoms with Crippen molar-refractivity contribution in [3.05, 3.63) is 29.8 Å². The van der Waals surface area contributed by atoms with Gasteiger partial charge in [0.15, 0.2) is 0 Å². The van der Waals surface area contributed by atoms with Crippen molar-refractivity contribution in [3.8, 4) is 0 Å². The van der Waals surface area contributed by atoms with Gasteiger partial charge in [0.05, 0.1) is 5.60 Å². The highest BCUT2D eigenvalue weighted by molar-refractivity contribution is 5.51. The highest BCUT2D eigenvalue weighted by atomic mass is 16.3. The van der Waals surface area contributed by atoms with Crippen LogP contribution in [0.2, 0.25) is 0 Å². The van der Waals surface area contributed by atoms with Crippen molar-refractivity contribution >= 4 is 5.69 Å². The molecule has 0 bridgehead atoms. The molecule has 0 atom stereocenters. The lowest BCUT2D eigenvalue weighted by Gasteiger charge is -2.20. The van der Waals surface area contributed by atoms with E-state index in [2.05, 4.69) is 30.4 Å². The van der Waals surface area contributed by atoms with E-state index in [1.54, 1.807) is 0 Å². The van der Waals surface area contributed by atoms with E-state index in [0.29, 0.717) is 6.54 Å². The molecule has 1 aromatic rings. The van der Waals surface area contributed by atoms with Crippen molar-refractivity contribution in [1.29, 1.82) is 0 Å². The summed E-state index contributed by atoms with van der Waals surface area (Å²) in [6, 6.07) is 8.28. The second kappa shape index (κ2) is 5.17. The van der Waals surface area contributed by atoms with E-state index in [9.17, 15) is 5.11 Å². The molecule has 0 saturated carbocycles. The van der Waals surface area contributed by atoms with Crippen molar-refractivity contribution in [2.75, 3.05) is 11.9 Å². The molecule has 0 aliphatic carbocycles. The van der Waals surface area contributed by atoms with Gasteiger partial charge >= 0.3 is 0 Å². The van der Waals surface area contributed by atoms with Gasteiger partial charge in [-0.25, -0.2) is 0 Å². The molecule has 0 unspecified atom stereocenters. The van der Waals surface area contributed by atoms with Crippen LogP contribution in [0.4, 0.5) is 5.69 Å². The van der Waals surface area contributed by atoms with Crippen LogP contribution in [0.1, 0.15) is 32.8 Å². The first-order valence-electron chi connectivity index (χ1n) is 5.57. The number of nitrogens with one attached hydrogen (secondary N) is 1. The maximum absolute atomic E-state index is 9.64. The quantitative estimate of drug-likeness (QED) is 0.778. The zero-order chi connectivity index (χ0) is 11.3. The Balaban J connectivity index is 2.67. The van der Waals surface area contributed by atoms with Gasteiger partial charge in [-0.2, -0.15) is 0 Å². The lowest BCUT2D eigenvalue weighted by Crippen LogP contribution is -2.29. The van der Waals surface area contributed by atoms with Gasteiger partial charge in [0.25, 0.3) is 0 Å². The minimum absolute atomic E-state index is 0.577. The molecule has 0 amide bonds. The molecule has 2 N–H and O–H groups in total. The number of rotatable bonds is 5. The smallest absolute Gasteiger partial charge is 0.0763 e. The average molecular weight is 207 g/mol. The van der Waals surface area contributed by atoms with Crippen LogP contribution in [-0.4, -0.2) is 17.3 Å². The van der Waals surface area contributed by atoms with E-state index in [1.165, 1.54) is 5.56 Å². The van der Waals surface area contributed by atoms with Crippen molar-refractivity contribution in [3.63, 3.8) is 0 Å². The van der Waals surface area contributed by atoms with E-state index in [-0.39, 0.29) is 0 Å². The SMILES string of the molecule is CCCc1ccccc1NCC(C)(C)O. The molecule has 0 aliphatic rings. The third-order valence-corrected chi connectivity index (χ3v) is 2.25. The summed E-state index contributed by atoms with van der Waals surface area (Å²) in [6.07, 6.45) is 2.22. The van der Waals surface area contributed by atoms with E-state index in [1.807, 2.05) is 19.9 Å². The summed E-state index contributed by atoms with van der Waals surface area (Å²) in [7, 11) is 0. The average Bonchev–Trinajstić information content (AvgIpc) is 2.16. The molecule has 2 heteroatoms. The minimum atomic E-state index is -0.667. The van der Waals surface area contributed by atoms with Gasteiger partial charge in [0, 0.05) is 12.2 Å². The molecule has 15 heavy (non-hydrogen) atoms. The maximum atomic E-state index is 9.64. The molecule has 0 heterocycles. The standard InChI is InChI=1S/C13H21NO/c1-4-7-11-8-5-6-9-12(11)14-10-13(2,3)15/h5-6,8-9,14-15H,4,7,10H2,1-3H3. The molecule has 1 rings (SSSR count). The second-order valence-electron chi connectivity index (χ2n) is 4.57. The fraction of sp³-hybridized carbons (Fsp3) is 0.538. The molecule has 0 fully saturated rings. The zero-order valence-electron chi connectivity index (χ0n) is 9.88. The molecule has 2 nitrogen and oxygen atoms in total. The molecule has 0 spiro atoms. The molecular formula is C13H21NO. The number of aliphatic hydroxyl groups is 1. The Bertz CT molecular complexity index is 302. The number of para-hydroxylation sites is 1. The summed E-state index contributed by atoms with van der Waals surface area (Å²) in [5.41, 5.74) is 1.80. The normalized spacial score (nSPS) is 11.5. The van der Waals surface area contributed by atoms with Gasteiger partial charge in [-0.3, -0.25) is 0 Å². The van der Waals surface area contributed by atoms with Crippen LogP contribution < -0.4 is 5.32 Å². The molecule has 0 radical (unpaired) electrons. The first-order valence-corrected chi connectivity index (χ1v) is 5.57. The Morgan fingerprint density at radius 2 is 1.93 bits per heavy atom. The van der Waals surface area contributed by atoms with Crippen LogP contribution in [-0.2, 0) is 6.42 Å². The van der Waals surface area contributed by atoms with E-state index >= 15 is 0 Å². The van der Waals surface area contributed by atoms with Crippen molar-refractivity contribution in [2.45, 2.75) is 39.2 Å². The Kier molecular flexibility index (Phi) is 4.15. The Labute approximate surface area is 92.3 Å². The maximum Gasteiger partial charge on any atom is 0.0763 e. The van der Waals surface area contributed by atoms with Gasteiger partial charge in [-0.1, -0.05) is 31.5 Å². The minimum Gasteiger partial charge on any atom is -0.389 e. The third kappa shape index (κ3) is 4.34. The molecule has 1 aromatic carbocycles. The fourth-order valence-electron chi connectivity index (χ4n) is 1.49. The van der Waals surface area contributed by atoms with Gasteiger partial charge in [-0.05, 0) is 31.9 Å². The summed E-state index contributed by atoms with van der Waals surface area (Å²) in [5.74, 6) is 0. The predicted octanol–water partition coefficient (Wildman–Crippen LogP) is 2.82. The van der Waals surface area contributed by atoms with Crippen LogP contribution in [0, 0.1) is 0 Å². The number of hydrogen-bond acceptors (Lipinski definition) is 2. The summed E-state index contributed by atoms with van der Waals surface area (Å²) in [6.45, 7) is 6.37. The Hall–Kier alpha value is -1.02.